The molecular formula is C11H11ClN4O. The van der Waals surface area contributed by atoms with Crippen molar-refractivity contribution in [3.63, 3.8) is 0 Å². The van der Waals surface area contributed by atoms with Gasteiger partial charge < -0.3 is 5.32 Å². The number of aromatic amines is 1. The number of hydrogen-bond donors (Lipinski definition) is 2. The third kappa shape index (κ3) is 2.45. The highest BCUT2D eigenvalue weighted by Crippen LogP contribution is 2.17. The summed E-state index contributed by atoms with van der Waals surface area (Å²) in [6.45, 7) is 3.64. The van der Waals surface area contributed by atoms with E-state index in [1.165, 1.54) is 12.3 Å². The van der Waals surface area contributed by atoms with Gasteiger partial charge in [-0.25, -0.2) is 0 Å². The first-order valence-electron chi connectivity index (χ1n) is 5.02. The first-order valence-corrected chi connectivity index (χ1v) is 5.40. The number of rotatable bonds is 2. The normalized spacial score (nSPS) is 10.3. The van der Waals surface area contributed by atoms with Gasteiger partial charge in [-0.05, 0) is 26.0 Å². The van der Waals surface area contributed by atoms with Gasteiger partial charge in [-0.3, -0.25) is 14.9 Å². The molecule has 0 saturated heterocycles. The molecule has 0 radical (unpaired) electrons. The molecule has 88 valence electrons. The zero-order chi connectivity index (χ0) is 12.4. The Morgan fingerprint density at radius 3 is 2.82 bits per heavy atom. The molecule has 2 heterocycles. The van der Waals surface area contributed by atoms with E-state index in [2.05, 4.69) is 20.5 Å². The molecule has 0 bridgehead atoms. The molecule has 0 saturated carbocycles. The summed E-state index contributed by atoms with van der Waals surface area (Å²) in [5, 5.41) is 10.0. The molecule has 17 heavy (non-hydrogen) atoms. The second-order valence-corrected chi connectivity index (χ2v) is 4.06. The highest BCUT2D eigenvalue weighted by molar-refractivity contribution is 6.30. The zero-order valence-electron chi connectivity index (χ0n) is 9.41. The molecule has 0 aliphatic heterocycles. The summed E-state index contributed by atoms with van der Waals surface area (Å²) in [4.78, 5) is 15.8. The maximum absolute atomic E-state index is 11.9. The molecule has 0 fully saturated rings. The minimum Gasteiger partial charge on any atom is -0.317 e. The Balaban J connectivity index is 2.23. The Morgan fingerprint density at radius 1 is 1.47 bits per heavy atom. The Kier molecular flexibility index (Phi) is 3.10. The van der Waals surface area contributed by atoms with Crippen molar-refractivity contribution in [2.45, 2.75) is 13.8 Å². The number of pyridine rings is 1. The van der Waals surface area contributed by atoms with Crippen molar-refractivity contribution < 1.29 is 4.79 Å². The van der Waals surface area contributed by atoms with E-state index in [0.29, 0.717) is 10.7 Å². The number of halogens is 1. The van der Waals surface area contributed by atoms with E-state index in [9.17, 15) is 4.79 Å². The molecule has 0 spiro atoms. The number of H-pyrrole nitrogens is 1. The summed E-state index contributed by atoms with van der Waals surface area (Å²) >= 11 is 5.79. The Bertz CT molecular complexity index is 545. The van der Waals surface area contributed by atoms with Gasteiger partial charge in [0, 0.05) is 11.2 Å². The zero-order valence-corrected chi connectivity index (χ0v) is 10.2. The largest absolute Gasteiger partial charge is 0.317 e. The van der Waals surface area contributed by atoms with Gasteiger partial charge in [0.15, 0.2) is 0 Å². The molecule has 6 heteroatoms. The number of carbonyl (C=O) groups excluding carboxylic acids is 1. The number of nitrogens with one attached hydrogen (secondary N) is 2. The van der Waals surface area contributed by atoms with Gasteiger partial charge in [0.25, 0.3) is 5.91 Å². The van der Waals surface area contributed by atoms with E-state index in [1.54, 1.807) is 6.07 Å². The first kappa shape index (κ1) is 11.6. The van der Waals surface area contributed by atoms with Crippen molar-refractivity contribution in [2.75, 3.05) is 5.32 Å². The summed E-state index contributed by atoms with van der Waals surface area (Å²) in [6, 6.07) is 3.13. The van der Waals surface area contributed by atoms with Gasteiger partial charge >= 0.3 is 0 Å². The van der Waals surface area contributed by atoms with Gasteiger partial charge in [0.2, 0.25) is 0 Å². The van der Waals surface area contributed by atoms with E-state index in [0.717, 1.165) is 11.4 Å². The van der Waals surface area contributed by atoms with Crippen LogP contribution in [0, 0.1) is 13.8 Å². The standard InChI is InChI=1S/C11H11ClN4O/c1-6-10(7(2)16-15-6)14-11(17)9-5-8(12)3-4-13-9/h3-5H,1-2H3,(H,14,17)(H,15,16). The fourth-order valence-corrected chi connectivity index (χ4v) is 1.60. The summed E-state index contributed by atoms with van der Waals surface area (Å²) in [5.41, 5.74) is 2.49. The highest BCUT2D eigenvalue weighted by atomic mass is 35.5. The molecule has 0 aliphatic carbocycles. The quantitative estimate of drug-likeness (QED) is 0.859. The van der Waals surface area contributed by atoms with Crippen LogP contribution in [0.2, 0.25) is 5.02 Å². The van der Waals surface area contributed by atoms with E-state index in [1.807, 2.05) is 13.8 Å². The third-order valence-corrected chi connectivity index (χ3v) is 2.56. The summed E-state index contributed by atoms with van der Waals surface area (Å²) in [6.07, 6.45) is 1.49. The monoisotopic (exact) mass is 250 g/mol. The van der Waals surface area contributed by atoms with Crippen molar-refractivity contribution in [3.8, 4) is 0 Å². The van der Waals surface area contributed by atoms with Crippen LogP contribution in [0.15, 0.2) is 18.3 Å². The van der Waals surface area contributed by atoms with Crippen molar-refractivity contribution >= 4 is 23.2 Å². The molecule has 0 atom stereocenters. The molecule has 2 rings (SSSR count). The van der Waals surface area contributed by atoms with Crippen LogP contribution in [-0.2, 0) is 0 Å². The fourth-order valence-electron chi connectivity index (χ4n) is 1.44. The van der Waals surface area contributed by atoms with Crippen molar-refractivity contribution in [1.29, 1.82) is 0 Å². The number of carbonyl (C=O) groups is 1. The highest BCUT2D eigenvalue weighted by Gasteiger charge is 2.12. The van der Waals surface area contributed by atoms with E-state index >= 15 is 0 Å². The van der Waals surface area contributed by atoms with Gasteiger partial charge in [-0.2, -0.15) is 5.10 Å². The van der Waals surface area contributed by atoms with Crippen molar-refractivity contribution in [3.05, 3.63) is 40.4 Å². The lowest BCUT2D eigenvalue weighted by atomic mass is 10.3. The minimum atomic E-state index is -0.305. The first-order chi connectivity index (χ1) is 8.08. The van der Waals surface area contributed by atoms with Gasteiger partial charge in [-0.1, -0.05) is 11.6 Å². The molecule has 1 amide bonds. The topological polar surface area (TPSA) is 70.7 Å². The predicted octanol–water partition coefficient (Wildman–Crippen LogP) is 2.33. The van der Waals surface area contributed by atoms with E-state index in [4.69, 9.17) is 11.6 Å². The molecule has 5 nitrogen and oxygen atoms in total. The maximum atomic E-state index is 11.9. The summed E-state index contributed by atoms with van der Waals surface area (Å²) in [7, 11) is 0. The lowest BCUT2D eigenvalue weighted by Crippen LogP contribution is -2.14. The maximum Gasteiger partial charge on any atom is 0.274 e. The molecular weight excluding hydrogens is 240 g/mol. The average Bonchev–Trinajstić information content (AvgIpc) is 2.61. The molecule has 2 N–H and O–H groups in total. The van der Waals surface area contributed by atoms with Crippen LogP contribution in [0.3, 0.4) is 0 Å². The molecule has 0 aliphatic rings. The smallest absolute Gasteiger partial charge is 0.274 e. The van der Waals surface area contributed by atoms with Gasteiger partial charge in [0.05, 0.1) is 17.1 Å². The lowest BCUT2D eigenvalue weighted by molar-refractivity contribution is 0.102. The van der Waals surface area contributed by atoms with Crippen molar-refractivity contribution in [2.24, 2.45) is 0 Å². The molecule has 2 aromatic rings. The summed E-state index contributed by atoms with van der Waals surface area (Å²) in [5.74, 6) is -0.305. The Morgan fingerprint density at radius 2 is 2.24 bits per heavy atom. The SMILES string of the molecule is Cc1n[nH]c(C)c1NC(=O)c1cc(Cl)ccn1. The van der Waals surface area contributed by atoms with Crippen LogP contribution in [0.5, 0.6) is 0 Å². The minimum absolute atomic E-state index is 0.275. The average molecular weight is 251 g/mol. The van der Waals surface area contributed by atoms with Gasteiger partial charge in [-0.15, -0.1) is 0 Å². The van der Waals surface area contributed by atoms with Crippen molar-refractivity contribution in [1.82, 2.24) is 15.2 Å². The second kappa shape index (κ2) is 4.55. The van der Waals surface area contributed by atoms with Crippen LogP contribution >= 0.6 is 11.6 Å². The lowest BCUT2D eigenvalue weighted by Gasteiger charge is -2.04. The number of hydrogen-bond acceptors (Lipinski definition) is 3. The number of aryl methyl sites for hydroxylation is 2. The number of nitrogens with zero attached hydrogens (tertiary/aromatic N) is 2. The van der Waals surface area contributed by atoms with Crippen LogP contribution in [0.25, 0.3) is 0 Å². The van der Waals surface area contributed by atoms with E-state index in [-0.39, 0.29) is 11.6 Å². The fraction of sp³-hybridized carbons (Fsp3) is 0.182. The number of anilines is 1. The van der Waals surface area contributed by atoms with Crippen LogP contribution in [0.4, 0.5) is 5.69 Å². The Labute approximate surface area is 103 Å². The van der Waals surface area contributed by atoms with Crippen LogP contribution in [-0.4, -0.2) is 21.1 Å². The van der Waals surface area contributed by atoms with Crippen LogP contribution in [0.1, 0.15) is 21.9 Å². The predicted molar refractivity (Wildman–Crippen MR) is 65.3 cm³/mol. The van der Waals surface area contributed by atoms with E-state index < -0.39 is 0 Å². The Hall–Kier alpha value is -1.88. The van der Waals surface area contributed by atoms with Gasteiger partial charge in [0.1, 0.15) is 5.69 Å². The van der Waals surface area contributed by atoms with Crippen LogP contribution < -0.4 is 5.32 Å². The molecule has 0 aromatic carbocycles. The number of aromatic nitrogens is 3. The number of amides is 1. The summed E-state index contributed by atoms with van der Waals surface area (Å²) < 4.78 is 0. The molecule has 0 unspecified atom stereocenters. The second-order valence-electron chi connectivity index (χ2n) is 3.62. The third-order valence-electron chi connectivity index (χ3n) is 2.32. The molecule has 2 aromatic heterocycles.